The summed E-state index contributed by atoms with van der Waals surface area (Å²) in [6.07, 6.45) is 1.52. The zero-order valence-corrected chi connectivity index (χ0v) is 18.9. The summed E-state index contributed by atoms with van der Waals surface area (Å²) < 4.78 is 6.96. The fourth-order valence-electron chi connectivity index (χ4n) is 4.19. The Hall–Kier alpha value is -3.41. The van der Waals surface area contributed by atoms with Gasteiger partial charge in [-0.2, -0.15) is 5.10 Å². The highest BCUT2D eigenvalue weighted by Gasteiger charge is 2.32. The third-order valence-corrected chi connectivity index (χ3v) is 5.92. The first kappa shape index (κ1) is 21.8. The van der Waals surface area contributed by atoms with Gasteiger partial charge in [-0.3, -0.25) is 9.59 Å². The largest absolute Gasteiger partial charge is 0.466 e. The van der Waals surface area contributed by atoms with E-state index in [0.29, 0.717) is 25.4 Å². The molecule has 1 aromatic heterocycles. The average Bonchev–Trinajstić information content (AvgIpc) is 3.26. The van der Waals surface area contributed by atoms with Crippen molar-refractivity contribution in [3.05, 3.63) is 71.4 Å². The minimum Gasteiger partial charge on any atom is -0.466 e. The van der Waals surface area contributed by atoms with Gasteiger partial charge >= 0.3 is 5.97 Å². The number of esters is 1. The van der Waals surface area contributed by atoms with Gasteiger partial charge in [0.15, 0.2) is 0 Å². The molecule has 2 aromatic carbocycles. The predicted molar refractivity (Wildman–Crippen MR) is 124 cm³/mol. The van der Waals surface area contributed by atoms with E-state index in [-0.39, 0.29) is 17.8 Å². The first-order valence-electron chi connectivity index (χ1n) is 11.2. The molecule has 0 aliphatic carbocycles. The van der Waals surface area contributed by atoms with Gasteiger partial charge in [0.25, 0.3) is 5.91 Å². The summed E-state index contributed by atoms with van der Waals surface area (Å²) in [4.78, 5) is 27.7. The van der Waals surface area contributed by atoms with Crippen LogP contribution in [0.15, 0.2) is 54.6 Å². The molecule has 32 heavy (non-hydrogen) atoms. The molecule has 1 aliphatic rings. The molecular weight excluding hydrogens is 402 g/mol. The van der Waals surface area contributed by atoms with Crippen molar-refractivity contribution in [2.24, 2.45) is 5.92 Å². The van der Waals surface area contributed by atoms with Crippen LogP contribution in [-0.2, 0) is 9.53 Å². The maximum Gasteiger partial charge on any atom is 0.310 e. The lowest BCUT2D eigenvalue weighted by atomic mass is 9.98. The highest BCUT2D eigenvalue weighted by molar-refractivity contribution is 5.95. The van der Waals surface area contributed by atoms with E-state index < -0.39 is 0 Å². The third kappa shape index (κ3) is 4.44. The second-order valence-electron chi connectivity index (χ2n) is 8.32. The quantitative estimate of drug-likeness (QED) is 0.555. The zero-order chi connectivity index (χ0) is 22.7. The van der Waals surface area contributed by atoms with Gasteiger partial charge in [0.1, 0.15) is 5.69 Å². The summed E-state index contributed by atoms with van der Waals surface area (Å²) in [6, 6.07) is 17.9. The molecule has 6 heteroatoms. The van der Waals surface area contributed by atoms with E-state index >= 15 is 0 Å². The summed E-state index contributed by atoms with van der Waals surface area (Å²) in [6.45, 7) is 7.19. The summed E-state index contributed by atoms with van der Waals surface area (Å²) in [5.74, 6) is -0.620. The molecule has 0 spiro atoms. The average molecular weight is 432 g/mol. The Morgan fingerprint density at radius 2 is 1.88 bits per heavy atom. The van der Waals surface area contributed by atoms with Crippen LogP contribution < -0.4 is 0 Å². The summed E-state index contributed by atoms with van der Waals surface area (Å²) in [5, 5.41) is 4.83. The van der Waals surface area contributed by atoms with E-state index in [1.54, 1.807) is 16.5 Å². The number of ether oxygens (including phenoxy) is 1. The van der Waals surface area contributed by atoms with Crippen LogP contribution in [0, 0.1) is 19.8 Å². The van der Waals surface area contributed by atoms with E-state index in [1.165, 1.54) is 0 Å². The second kappa shape index (κ2) is 9.39. The van der Waals surface area contributed by atoms with Gasteiger partial charge in [-0.1, -0.05) is 42.5 Å². The summed E-state index contributed by atoms with van der Waals surface area (Å²) >= 11 is 0. The maximum atomic E-state index is 13.7. The van der Waals surface area contributed by atoms with Crippen LogP contribution in [0.2, 0.25) is 0 Å². The van der Waals surface area contributed by atoms with E-state index in [4.69, 9.17) is 9.84 Å². The normalized spacial score (nSPS) is 16.1. The topological polar surface area (TPSA) is 64.4 Å². The van der Waals surface area contributed by atoms with E-state index in [9.17, 15) is 9.59 Å². The Morgan fingerprint density at radius 1 is 1.09 bits per heavy atom. The molecule has 166 valence electrons. The molecule has 6 nitrogen and oxygen atoms in total. The molecule has 1 amide bonds. The molecule has 4 rings (SSSR count). The van der Waals surface area contributed by atoms with Crippen molar-refractivity contribution in [1.82, 2.24) is 14.7 Å². The monoisotopic (exact) mass is 431 g/mol. The van der Waals surface area contributed by atoms with Crippen molar-refractivity contribution in [2.45, 2.75) is 33.6 Å². The molecular formula is C26H29N3O3. The van der Waals surface area contributed by atoms with E-state index in [1.807, 2.05) is 62.4 Å². The number of nitrogens with zero attached hydrogens (tertiary/aromatic N) is 3. The highest BCUT2D eigenvalue weighted by Crippen LogP contribution is 2.26. The lowest BCUT2D eigenvalue weighted by Gasteiger charge is -2.31. The number of hydrogen-bond donors (Lipinski definition) is 0. The van der Waals surface area contributed by atoms with Crippen LogP contribution in [0.25, 0.3) is 16.9 Å². The van der Waals surface area contributed by atoms with Crippen molar-refractivity contribution in [3.63, 3.8) is 0 Å². The van der Waals surface area contributed by atoms with Crippen LogP contribution in [0.1, 0.15) is 41.4 Å². The van der Waals surface area contributed by atoms with Crippen LogP contribution in [0.4, 0.5) is 0 Å². The van der Waals surface area contributed by atoms with Gasteiger partial charge in [-0.05, 0) is 56.9 Å². The van der Waals surface area contributed by atoms with Crippen LogP contribution in [-0.4, -0.2) is 46.3 Å². The molecule has 1 atom stereocenters. The molecule has 0 saturated carbocycles. The summed E-state index contributed by atoms with van der Waals surface area (Å²) in [7, 11) is 0. The standard InChI is InChI=1S/C26H29N3O3/c1-4-32-26(31)21-11-8-14-28(17-21)25(30)24-16-22(20-9-6-5-7-10-20)27-29(24)23-15-18(2)12-13-19(23)3/h5-7,9-10,12-13,15-16,21H,4,8,11,14,17H2,1-3H3. The van der Waals surface area contributed by atoms with Gasteiger partial charge < -0.3 is 9.64 Å². The number of likely N-dealkylation sites (tertiary alicyclic amines) is 1. The lowest BCUT2D eigenvalue weighted by Crippen LogP contribution is -2.43. The zero-order valence-electron chi connectivity index (χ0n) is 18.9. The Labute approximate surface area is 188 Å². The Kier molecular flexibility index (Phi) is 6.40. The Balaban J connectivity index is 1.73. The number of rotatable bonds is 5. The fourth-order valence-corrected chi connectivity index (χ4v) is 4.19. The van der Waals surface area contributed by atoms with E-state index in [2.05, 4.69) is 6.07 Å². The molecule has 0 radical (unpaired) electrons. The molecule has 1 aliphatic heterocycles. The molecule has 0 N–H and O–H groups in total. The number of benzene rings is 2. The van der Waals surface area contributed by atoms with Gasteiger partial charge in [0.2, 0.25) is 0 Å². The number of aromatic nitrogens is 2. The fraction of sp³-hybridized carbons (Fsp3) is 0.346. The first-order valence-corrected chi connectivity index (χ1v) is 11.2. The number of aryl methyl sites for hydroxylation is 2. The number of piperidine rings is 1. The molecule has 1 fully saturated rings. The van der Waals surface area contributed by atoms with Crippen molar-refractivity contribution in [3.8, 4) is 16.9 Å². The SMILES string of the molecule is CCOC(=O)C1CCCN(C(=O)c2cc(-c3ccccc3)nn2-c2cc(C)ccc2C)C1. The number of carbonyl (C=O) groups excluding carboxylic acids is 2. The van der Waals surface area contributed by atoms with E-state index in [0.717, 1.165) is 40.9 Å². The minimum atomic E-state index is -0.279. The third-order valence-electron chi connectivity index (χ3n) is 5.92. The smallest absolute Gasteiger partial charge is 0.310 e. The van der Waals surface area contributed by atoms with Crippen molar-refractivity contribution in [2.75, 3.05) is 19.7 Å². The van der Waals surface area contributed by atoms with Gasteiger partial charge in [-0.15, -0.1) is 0 Å². The summed E-state index contributed by atoms with van der Waals surface area (Å²) in [5.41, 5.74) is 5.22. The molecule has 0 bridgehead atoms. The van der Waals surface area contributed by atoms with Crippen LogP contribution >= 0.6 is 0 Å². The van der Waals surface area contributed by atoms with Crippen molar-refractivity contribution in [1.29, 1.82) is 0 Å². The second-order valence-corrected chi connectivity index (χ2v) is 8.32. The Morgan fingerprint density at radius 3 is 2.62 bits per heavy atom. The van der Waals surface area contributed by atoms with Crippen LogP contribution in [0.3, 0.4) is 0 Å². The van der Waals surface area contributed by atoms with Gasteiger partial charge in [0, 0.05) is 18.7 Å². The lowest BCUT2D eigenvalue weighted by molar-refractivity contribution is -0.149. The predicted octanol–water partition coefficient (Wildman–Crippen LogP) is 4.57. The molecule has 1 unspecified atom stereocenters. The minimum absolute atomic E-state index is 0.116. The number of hydrogen-bond acceptors (Lipinski definition) is 4. The van der Waals surface area contributed by atoms with Crippen LogP contribution in [0.5, 0.6) is 0 Å². The molecule has 1 saturated heterocycles. The maximum absolute atomic E-state index is 13.7. The molecule has 2 heterocycles. The van der Waals surface area contributed by atoms with Gasteiger partial charge in [0.05, 0.1) is 23.9 Å². The first-order chi connectivity index (χ1) is 15.5. The van der Waals surface area contributed by atoms with Crippen molar-refractivity contribution < 1.29 is 14.3 Å². The number of carbonyl (C=O) groups is 2. The number of amides is 1. The highest BCUT2D eigenvalue weighted by atomic mass is 16.5. The van der Waals surface area contributed by atoms with Crippen molar-refractivity contribution >= 4 is 11.9 Å². The molecule has 3 aromatic rings. The Bertz CT molecular complexity index is 1120. The van der Waals surface area contributed by atoms with Gasteiger partial charge in [-0.25, -0.2) is 4.68 Å².